The fourth-order valence-electron chi connectivity index (χ4n) is 1.52. The predicted molar refractivity (Wildman–Crippen MR) is 64.2 cm³/mol. The van der Waals surface area contributed by atoms with Gasteiger partial charge in [0.1, 0.15) is 0 Å². The van der Waals surface area contributed by atoms with Crippen molar-refractivity contribution in [3.05, 3.63) is 34.2 Å². The van der Waals surface area contributed by atoms with Crippen LogP contribution in [0.15, 0.2) is 23.6 Å². The van der Waals surface area contributed by atoms with Gasteiger partial charge >= 0.3 is 0 Å². The Balaban J connectivity index is 2.47. The van der Waals surface area contributed by atoms with Crippen molar-refractivity contribution in [2.24, 2.45) is 0 Å². The van der Waals surface area contributed by atoms with Gasteiger partial charge in [-0.3, -0.25) is 0 Å². The molecule has 0 aliphatic carbocycles. The van der Waals surface area contributed by atoms with Crippen LogP contribution in [0.5, 0.6) is 0 Å². The van der Waals surface area contributed by atoms with Gasteiger partial charge in [0.25, 0.3) is 0 Å². The summed E-state index contributed by atoms with van der Waals surface area (Å²) in [5, 5.41) is 4.35. The summed E-state index contributed by atoms with van der Waals surface area (Å²) in [4.78, 5) is 2.18. The molecule has 0 N–H and O–H groups in total. The van der Waals surface area contributed by atoms with Crippen molar-refractivity contribution in [2.75, 3.05) is 14.1 Å². The number of benzene rings is 1. The second-order valence-electron chi connectivity index (χ2n) is 3.64. The summed E-state index contributed by atoms with van der Waals surface area (Å²) in [7, 11) is 4.17. The van der Waals surface area contributed by atoms with Crippen LogP contribution in [-0.2, 0) is 6.54 Å². The van der Waals surface area contributed by atoms with Crippen LogP contribution in [0, 0.1) is 0 Å². The molecule has 1 aromatic carbocycles. The van der Waals surface area contributed by atoms with E-state index < -0.39 is 0 Å². The molecule has 2 rings (SSSR count). The number of fused-ring (bicyclic) bond motifs is 1. The van der Waals surface area contributed by atoms with Crippen LogP contribution in [0.2, 0.25) is 5.02 Å². The smallest absolute Gasteiger partial charge is 0.0420 e. The van der Waals surface area contributed by atoms with Crippen LogP contribution >= 0.6 is 22.9 Å². The van der Waals surface area contributed by atoms with Crippen LogP contribution in [-0.4, -0.2) is 19.0 Å². The van der Waals surface area contributed by atoms with Gasteiger partial charge < -0.3 is 4.90 Å². The first-order valence-corrected chi connectivity index (χ1v) is 5.73. The van der Waals surface area contributed by atoms with Crippen LogP contribution in [0.4, 0.5) is 0 Å². The quantitative estimate of drug-likeness (QED) is 0.755. The van der Waals surface area contributed by atoms with Crippen molar-refractivity contribution < 1.29 is 0 Å². The summed E-state index contributed by atoms with van der Waals surface area (Å²) in [6.07, 6.45) is 0. The normalized spacial score (nSPS) is 11.4. The van der Waals surface area contributed by atoms with Crippen molar-refractivity contribution in [2.45, 2.75) is 6.54 Å². The molecule has 1 nitrogen and oxygen atoms in total. The Bertz CT molecular complexity index is 447. The van der Waals surface area contributed by atoms with E-state index in [0.29, 0.717) is 0 Å². The number of nitrogens with zero attached hydrogens (tertiary/aromatic N) is 1. The first kappa shape index (κ1) is 9.97. The minimum Gasteiger partial charge on any atom is -0.305 e. The fourth-order valence-corrected chi connectivity index (χ4v) is 2.75. The summed E-state index contributed by atoms with van der Waals surface area (Å²) in [6, 6.07) is 6.09. The molecule has 0 fully saturated rings. The van der Waals surface area contributed by atoms with Gasteiger partial charge in [-0.05, 0) is 42.6 Å². The number of rotatable bonds is 2. The predicted octanol–water partition coefficient (Wildman–Crippen LogP) is 3.62. The largest absolute Gasteiger partial charge is 0.305 e. The molecule has 0 aliphatic rings. The van der Waals surface area contributed by atoms with E-state index in [9.17, 15) is 0 Å². The van der Waals surface area contributed by atoms with Gasteiger partial charge in [0.2, 0.25) is 0 Å². The summed E-state index contributed by atoms with van der Waals surface area (Å²) >= 11 is 7.69. The van der Waals surface area contributed by atoms with Crippen molar-refractivity contribution in [3.63, 3.8) is 0 Å². The Hall–Kier alpha value is -0.570. The van der Waals surface area contributed by atoms with Crippen molar-refractivity contribution in [3.8, 4) is 0 Å². The monoisotopic (exact) mass is 225 g/mol. The third-order valence-corrected chi connectivity index (χ3v) is 3.33. The highest BCUT2D eigenvalue weighted by molar-refractivity contribution is 7.17. The number of halogens is 1. The average molecular weight is 226 g/mol. The molecule has 1 aromatic heterocycles. The van der Waals surface area contributed by atoms with E-state index in [1.807, 2.05) is 12.1 Å². The molecule has 0 saturated carbocycles. The summed E-state index contributed by atoms with van der Waals surface area (Å²) in [5.41, 5.74) is 1.38. The SMILES string of the molecule is CN(C)Cc1csc2cc(Cl)ccc12. The Kier molecular flexibility index (Phi) is 2.77. The van der Waals surface area contributed by atoms with Gasteiger partial charge in [-0.15, -0.1) is 11.3 Å². The van der Waals surface area contributed by atoms with E-state index in [4.69, 9.17) is 11.6 Å². The molecule has 0 radical (unpaired) electrons. The molecule has 0 aliphatic heterocycles. The summed E-state index contributed by atoms with van der Waals surface area (Å²) in [5.74, 6) is 0. The highest BCUT2D eigenvalue weighted by Gasteiger charge is 2.04. The van der Waals surface area contributed by atoms with Crippen LogP contribution < -0.4 is 0 Å². The highest BCUT2D eigenvalue weighted by atomic mass is 35.5. The molecule has 0 spiro atoms. The van der Waals surface area contributed by atoms with E-state index in [2.05, 4.69) is 30.4 Å². The van der Waals surface area contributed by atoms with Crippen molar-refractivity contribution in [1.82, 2.24) is 4.90 Å². The van der Waals surface area contributed by atoms with Crippen molar-refractivity contribution >= 4 is 33.0 Å². The lowest BCUT2D eigenvalue weighted by atomic mass is 10.2. The molecule has 3 heteroatoms. The number of thiophene rings is 1. The van der Waals surface area contributed by atoms with E-state index >= 15 is 0 Å². The lowest BCUT2D eigenvalue weighted by Crippen LogP contribution is -2.09. The lowest BCUT2D eigenvalue weighted by molar-refractivity contribution is 0.404. The average Bonchev–Trinajstić information content (AvgIpc) is 2.47. The second kappa shape index (κ2) is 3.89. The van der Waals surface area contributed by atoms with E-state index in [1.54, 1.807) is 11.3 Å². The Morgan fingerprint density at radius 2 is 2.14 bits per heavy atom. The van der Waals surface area contributed by atoms with Gasteiger partial charge in [-0.2, -0.15) is 0 Å². The lowest BCUT2D eigenvalue weighted by Gasteiger charge is -2.07. The zero-order valence-corrected chi connectivity index (χ0v) is 9.82. The summed E-state index contributed by atoms with van der Waals surface area (Å²) < 4.78 is 1.27. The maximum atomic E-state index is 5.93. The van der Waals surface area contributed by atoms with Gasteiger partial charge in [0.05, 0.1) is 0 Å². The molecule has 0 amide bonds. The minimum absolute atomic E-state index is 0.816. The molecule has 1 heterocycles. The zero-order valence-electron chi connectivity index (χ0n) is 8.25. The highest BCUT2D eigenvalue weighted by Crippen LogP contribution is 2.28. The molecule has 0 bridgehead atoms. The molecule has 0 unspecified atom stereocenters. The Morgan fingerprint density at radius 1 is 1.36 bits per heavy atom. The van der Waals surface area contributed by atoms with Crippen LogP contribution in [0.25, 0.3) is 10.1 Å². The number of hydrogen-bond donors (Lipinski definition) is 0. The first-order valence-electron chi connectivity index (χ1n) is 4.47. The van der Waals surface area contributed by atoms with Gasteiger partial charge in [0, 0.05) is 16.3 Å². The number of hydrogen-bond acceptors (Lipinski definition) is 2. The third kappa shape index (κ3) is 1.92. The zero-order chi connectivity index (χ0) is 10.1. The minimum atomic E-state index is 0.816. The standard InChI is InChI=1S/C11H12ClNS/c1-13(2)6-8-7-14-11-5-9(12)3-4-10(8)11/h3-5,7H,6H2,1-2H3. The second-order valence-corrected chi connectivity index (χ2v) is 4.99. The third-order valence-electron chi connectivity index (χ3n) is 2.10. The topological polar surface area (TPSA) is 3.24 Å². The molecular weight excluding hydrogens is 214 g/mol. The molecular formula is C11H12ClNS. The molecule has 2 aromatic rings. The van der Waals surface area contributed by atoms with E-state index in [1.165, 1.54) is 15.6 Å². The maximum absolute atomic E-state index is 5.93. The van der Waals surface area contributed by atoms with Gasteiger partial charge in [-0.1, -0.05) is 17.7 Å². The molecule has 0 saturated heterocycles. The fraction of sp³-hybridized carbons (Fsp3) is 0.273. The van der Waals surface area contributed by atoms with Crippen molar-refractivity contribution in [1.29, 1.82) is 0 Å². The maximum Gasteiger partial charge on any atom is 0.0420 e. The summed E-state index contributed by atoms with van der Waals surface area (Å²) in [6.45, 7) is 0.988. The Morgan fingerprint density at radius 3 is 2.86 bits per heavy atom. The Labute approximate surface area is 92.9 Å². The van der Waals surface area contributed by atoms with E-state index in [0.717, 1.165) is 11.6 Å². The van der Waals surface area contributed by atoms with E-state index in [-0.39, 0.29) is 0 Å². The van der Waals surface area contributed by atoms with Gasteiger partial charge in [0.15, 0.2) is 0 Å². The molecule has 0 atom stereocenters. The van der Waals surface area contributed by atoms with Crippen LogP contribution in [0.1, 0.15) is 5.56 Å². The molecule has 14 heavy (non-hydrogen) atoms. The first-order chi connectivity index (χ1) is 6.66. The molecule has 74 valence electrons. The van der Waals surface area contributed by atoms with Crippen LogP contribution in [0.3, 0.4) is 0 Å². The van der Waals surface area contributed by atoms with Gasteiger partial charge in [-0.25, -0.2) is 0 Å².